The first kappa shape index (κ1) is 7.36. The summed E-state index contributed by atoms with van der Waals surface area (Å²) in [6, 6.07) is 7.96. The van der Waals surface area contributed by atoms with Gasteiger partial charge in [0.2, 0.25) is 0 Å². The Morgan fingerprint density at radius 1 is 1.21 bits per heavy atom. The third-order valence-corrected chi connectivity index (χ3v) is 2.24. The quantitative estimate of drug-likeness (QED) is 0.599. The Labute approximate surface area is 80.2 Å². The van der Waals surface area contributed by atoms with Crippen molar-refractivity contribution in [2.75, 3.05) is 0 Å². The Hall–Kier alpha value is -2.05. The van der Waals surface area contributed by atoms with Crippen LogP contribution >= 0.6 is 0 Å². The topological polar surface area (TPSA) is 25.5 Å². The highest BCUT2D eigenvalue weighted by Crippen LogP contribution is 2.06. The Kier molecular flexibility index (Phi) is 1.43. The molecule has 0 radical (unpaired) electrons. The lowest BCUT2D eigenvalue weighted by Gasteiger charge is -1.83. The number of furan rings is 1. The Bertz CT molecular complexity index is 670. The molecular formula is C12H7NO. The molecule has 0 aliphatic carbocycles. The maximum Gasteiger partial charge on any atom is 0.154 e. The van der Waals surface area contributed by atoms with Gasteiger partial charge in [-0.25, -0.2) is 4.99 Å². The molecule has 0 N–H and O–H groups in total. The maximum atomic E-state index is 5.63. The molecule has 0 atom stereocenters. The lowest BCUT2D eigenvalue weighted by Crippen LogP contribution is -2.18. The number of para-hydroxylation sites is 1. The van der Waals surface area contributed by atoms with E-state index in [0.29, 0.717) is 0 Å². The number of fused-ring (bicyclic) bond motifs is 3. The van der Waals surface area contributed by atoms with E-state index in [2.05, 4.69) is 10.9 Å². The monoisotopic (exact) mass is 181 g/mol. The highest BCUT2D eigenvalue weighted by molar-refractivity contribution is 5.81. The third kappa shape index (κ3) is 0.951. The molecule has 0 amide bonds. The van der Waals surface area contributed by atoms with E-state index in [1.165, 1.54) is 0 Å². The van der Waals surface area contributed by atoms with Crippen molar-refractivity contribution >= 4 is 29.1 Å². The number of hydrogen-bond acceptors (Lipinski definition) is 2. The predicted molar refractivity (Wildman–Crippen MR) is 56.4 cm³/mol. The minimum absolute atomic E-state index is 0.799. The van der Waals surface area contributed by atoms with Crippen LogP contribution in [0.4, 0.5) is 0 Å². The van der Waals surface area contributed by atoms with Crippen molar-refractivity contribution in [3.63, 3.8) is 0 Å². The van der Waals surface area contributed by atoms with Gasteiger partial charge in [0.1, 0.15) is 5.58 Å². The summed E-state index contributed by atoms with van der Waals surface area (Å²) in [6.45, 7) is 0. The van der Waals surface area contributed by atoms with Crippen LogP contribution in [0.5, 0.6) is 0 Å². The first-order valence-electron chi connectivity index (χ1n) is 4.42. The summed E-state index contributed by atoms with van der Waals surface area (Å²) < 4.78 is 5.63. The summed E-state index contributed by atoms with van der Waals surface area (Å²) in [6.07, 6.45) is 5.45. The van der Waals surface area contributed by atoms with Crippen molar-refractivity contribution in [2.24, 2.45) is 4.99 Å². The molecule has 1 aliphatic rings. The molecule has 0 saturated carbocycles. The Morgan fingerprint density at radius 2 is 2.14 bits per heavy atom. The van der Waals surface area contributed by atoms with E-state index in [1.807, 2.05) is 30.3 Å². The molecule has 0 bridgehead atoms. The van der Waals surface area contributed by atoms with Crippen molar-refractivity contribution in [3.8, 4) is 0 Å². The summed E-state index contributed by atoms with van der Waals surface area (Å²) in [5.41, 5.74) is 1.70. The van der Waals surface area contributed by atoms with Gasteiger partial charge in [0.15, 0.2) is 5.42 Å². The smallest absolute Gasteiger partial charge is 0.154 e. The van der Waals surface area contributed by atoms with Gasteiger partial charge in [-0.05, 0) is 18.0 Å². The SMILES string of the molecule is C1=CC=c2c(oc3ccccc23)=CN=1. The minimum Gasteiger partial charge on any atom is -0.454 e. The van der Waals surface area contributed by atoms with E-state index < -0.39 is 0 Å². The molecule has 2 aromatic rings. The zero-order valence-corrected chi connectivity index (χ0v) is 7.40. The van der Waals surface area contributed by atoms with Crippen LogP contribution in [0, 0.1) is 0 Å². The van der Waals surface area contributed by atoms with E-state index in [0.717, 1.165) is 21.6 Å². The molecule has 0 spiro atoms. The zero-order chi connectivity index (χ0) is 9.38. The molecule has 1 aliphatic heterocycles. The number of aliphatic imine (C=N–C) groups is 1. The van der Waals surface area contributed by atoms with Gasteiger partial charge < -0.3 is 4.42 Å². The lowest BCUT2D eigenvalue weighted by atomic mass is 10.2. The number of nitrogens with zero attached hydrogens (tertiary/aromatic N) is 1. The van der Waals surface area contributed by atoms with Crippen LogP contribution in [0.15, 0.2) is 39.8 Å². The molecule has 1 aromatic heterocycles. The summed E-state index contributed by atoms with van der Waals surface area (Å²) in [7, 11) is 0. The molecule has 66 valence electrons. The molecule has 0 saturated heterocycles. The minimum atomic E-state index is 0.799. The van der Waals surface area contributed by atoms with Gasteiger partial charge in [-0.1, -0.05) is 18.2 Å². The van der Waals surface area contributed by atoms with Crippen LogP contribution in [-0.2, 0) is 0 Å². The predicted octanol–water partition coefficient (Wildman–Crippen LogP) is 1.19. The van der Waals surface area contributed by atoms with Gasteiger partial charge in [0, 0.05) is 16.7 Å². The molecule has 2 nitrogen and oxygen atoms in total. The van der Waals surface area contributed by atoms with Crippen LogP contribution < -0.4 is 10.6 Å². The van der Waals surface area contributed by atoms with Gasteiger partial charge in [-0.15, -0.1) is 0 Å². The second kappa shape index (κ2) is 2.72. The first-order chi connectivity index (χ1) is 6.95. The summed E-state index contributed by atoms with van der Waals surface area (Å²) >= 11 is 0. The van der Waals surface area contributed by atoms with E-state index in [9.17, 15) is 0 Å². The lowest BCUT2D eigenvalue weighted by molar-refractivity contribution is 0.574. The number of hydrogen-bond donors (Lipinski definition) is 0. The van der Waals surface area contributed by atoms with Crippen molar-refractivity contribution in [1.29, 1.82) is 0 Å². The third-order valence-electron chi connectivity index (χ3n) is 2.24. The summed E-state index contributed by atoms with van der Waals surface area (Å²) in [5, 5.41) is 2.20. The Morgan fingerprint density at radius 3 is 3.14 bits per heavy atom. The van der Waals surface area contributed by atoms with Crippen LogP contribution in [-0.4, -0.2) is 5.87 Å². The van der Waals surface area contributed by atoms with Gasteiger partial charge in [-0.3, -0.25) is 0 Å². The van der Waals surface area contributed by atoms with Crippen molar-refractivity contribution < 1.29 is 4.42 Å². The first-order valence-corrected chi connectivity index (χ1v) is 4.42. The standard InChI is InChI=1S/C12H7NO/c1-2-6-11-9(4-1)10-5-3-7-13-8-12(10)14-11/h1-6,8H. The highest BCUT2D eigenvalue weighted by atomic mass is 16.3. The van der Waals surface area contributed by atoms with Crippen LogP contribution in [0.1, 0.15) is 0 Å². The van der Waals surface area contributed by atoms with E-state index in [-0.39, 0.29) is 0 Å². The second-order valence-corrected chi connectivity index (χ2v) is 3.10. The van der Waals surface area contributed by atoms with Gasteiger partial charge in [0.05, 0.1) is 6.20 Å². The fourth-order valence-corrected chi connectivity index (χ4v) is 1.61. The molecule has 1 aromatic carbocycles. The van der Waals surface area contributed by atoms with Crippen molar-refractivity contribution in [1.82, 2.24) is 0 Å². The number of benzene rings is 1. The van der Waals surface area contributed by atoms with Gasteiger partial charge >= 0.3 is 0 Å². The highest BCUT2D eigenvalue weighted by Gasteiger charge is 2.00. The van der Waals surface area contributed by atoms with E-state index in [4.69, 9.17) is 4.42 Å². The second-order valence-electron chi connectivity index (χ2n) is 3.10. The molecular weight excluding hydrogens is 174 g/mol. The fraction of sp³-hybridized carbons (Fsp3) is 0. The van der Waals surface area contributed by atoms with Crippen LogP contribution in [0.3, 0.4) is 0 Å². The summed E-state index contributed by atoms with van der Waals surface area (Å²) in [4.78, 5) is 3.95. The van der Waals surface area contributed by atoms with E-state index >= 15 is 0 Å². The number of allylic oxidation sites excluding steroid dienone is 1. The van der Waals surface area contributed by atoms with Crippen LogP contribution in [0.25, 0.3) is 23.2 Å². The van der Waals surface area contributed by atoms with E-state index in [1.54, 1.807) is 12.3 Å². The van der Waals surface area contributed by atoms with Gasteiger partial charge in [-0.2, -0.15) is 0 Å². The largest absolute Gasteiger partial charge is 0.454 e. The Balaban J connectivity index is 2.63. The molecule has 2 heteroatoms. The average Bonchev–Trinajstić information content (AvgIpc) is 2.42. The van der Waals surface area contributed by atoms with Crippen molar-refractivity contribution in [2.45, 2.75) is 0 Å². The van der Waals surface area contributed by atoms with Crippen LogP contribution in [0.2, 0.25) is 0 Å². The maximum absolute atomic E-state index is 5.63. The van der Waals surface area contributed by atoms with Crippen molar-refractivity contribution in [3.05, 3.63) is 41.0 Å². The molecule has 2 heterocycles. The molecule has 0 fully saturated rings. The molecule has 0 unspecified atom stereocenters. The molecule has 3 rings (SSSR count). The fourth-order valence-electron chi connectivity index (χ4n) is 1.61. The zero-order valence-electron chi connectivity index (χ0n) is 7.40. The summed E-state index contributed by atoms with van der Waals surface area (Å²) in [5.74, 6) is 2.77. The van der Waals surface area contributed by atoms with Gasteiger partial charge in [0.25, 0.3) is 0 Å². The number of rotatable bonds is 0. The normalized spacial score (nSPS) is 13.1. The molecule has 14 heavy (non-hydrogen) atoms. The average molecular weight is 181 g/mol.